The second-order valence-corrected chi connectivity index (χ2v) is 4.67. The number of nitrogens with two attached hydrogens (primary N) is 1. The van der Waals surface area contributed by atoms with Crippen molar-refractivity contribution >= 4 is 17.6 Å². The number of anilines is 1. The number of amides is 1. The van der Waals surface area contributed by atoms with Crippen molar-refractivity contribution in [2.24, 2.45) is 0 Å². The number of hydrogen-bond acceptors (Lipinski definition) is 4. The zero-order chi connectivity index (χ0) is 16.0. The molecule has 0 radical (unpaired) electrons. The lowest BCUT2D eigenvalue weighted by atomic mass is 10.2. The number of ether oxygens (including phenoxy) is 1. The fraction of sp³-hybridized carbons (Fsp3) is 0.333. The molecule has 0 aromatic heterocycles. The topological polar surface area (TPSA) is 72.6 Å². The van der Waals surface area contributed by atoms with Gasteiger partial charge < -0.3 is 15.4 Å². The van der Waals surface area contributed by atoms with Gasteiger partial charge in [0.05, 0.1) is 5.56 Å². The Morgan fingerprint density at radius 1 is 1.43 bits per heavy atom. The minimum atomic E-state index is -0.757. The van der Waals surface area contributed by atoms with Gasteiger partial charge in [-0.05, 0) is 32.0 Å². The monoisotopic (exact) mass is 294 g/mol. The Balaban J connectivity index is 2.63. The smallest absolute Gasteiger partial charge is 0.340 e. The third-order valence-corrected chi connectivity index (χ3v) is 2.76. The average Bonchev–Trinajstić information content (AvgIpc) is 2.41. The summed E-state index contributed by atoms with van der Waals surface area (Å²) in [4.78, 5) is 25.2. The Morgan fingerprint density at radius 2 is 2.10 bits per heavy atom. The molecule has 1 amide bonds. The summed E-state index contributed by atoms with van der Waals surface area (Å²) in [6.07, 6.45) is 0. The van der Waals surface area contributed by atoms with Gasteiger partial charge in [-0.3, -0.25) is 4.79 Å². The quantitative estimate of drug-likeness (QED) is 0.495. The third kappa shape index (κ3) is 4.91. The van der Waals surface area contributed by atoms with Crippen molar-refractivity contribution in [1.29, 1.82) is 0 Å². The fourth-order valence-electron chi connectivity index (χ4n) is 1.72. The normalized spacial score (nSPS) is 10.0. The Hall–Kier alpha value is -2.37. The fourth-order valence-corrected chi connectivity index (χ4v) is 1.72. The van der Waals surface area contributed by atoms with Crippen LogP contribution >= 0.6 is 0 Å². The number of benzene rings is 1. The average molecular weight is 294 g/mol. The molecule has 6 heteroatoms. The highest BCUT2D eigenvalue weighted by molar-refractivity contribution is 5.96. The van der Waals surface area contributed by atoms with E-state index in [2.05, 4.69) is 6.58 Å². The van der Waals surface area contributed by atoms with Gasteiger partial charge in [-0.15, -0.1) is 0 Å². The molecule has 0 bridgehead atoms. The lowest BCUT2D eigenvalue weighted by Gasteiger charge is -2.20. The van der Waals surface area contributed by atoms with E-state index in [1.54, 1.807) is 6.92 Å². The van der Waals surface area contributed by atoms with E-state index in [0.717, 1.165) is 17.7 Å². The maximum Gasteiger partial charge on any atom is 0.340 e. The van der Waals surface area contributed by atoms with Gasteiger partial charge >= 0.3 is 5.97 Å². The summed E-state index contributed by atoms with van der Waals surface area (Å²) < 4.78 is 17.8. The molecule has 1 rings (SSSR count). The molecule has 21 heavy (non-hydrogen) atoms. The van der Waals surface area contributed by atoms with E-state index in [-0.39, 0.29) is 17.2 Å². The molecule has 1 aromatic rings. The molecule has 0 aliphatic carbocycles. The number of nitrogen functional groups attached to an aromatic ring is 1. The van der Waals surface area contributed by atoms with Crippen LogP contribution in [0.1, 0.15) is 24.2 Å². The van der Waals surface area contributed by atoms with Crippen molar-refractivity contribution in [2.75, 3.05) is 25.4 Å². The first-order valence-corrected chi connectivity index (χ1v) is 6.49. The van der Waals surface area contributed by atoms with Crippen molar-refractivity contribution in [3.8, 4) is 0 Å². The predicted molar refractivity (Wildman–Crippen MR) is 78.2 cm³/mol. The maximum atomic E-state index is 12.9. The first-order valence-electron chi connectivity index (χ1n) is 6.49. The SMILES string of the molecule is C=C(C)CN(CC)C(=O)COC(=O)c1ccc(F)cc1N. The molecule has 114 valence electrons. The van der Waals surface area contributed by atoms with Gasteiger partial charge in [-0.2, -0.15) is 0 Å². The Morgan fingerprint density at radius 3 is 2.62 bits per heavy atom. The van der Waals surface area contributed by atoms with Gasteiger partial charge in [0.15, 0.2) is 6.61 Å². The van der Waals surface area contributed by atoms with E-state index in [1.807, 2.05) is 6.92 Å². The molecular formula is C15H19FN2O3. The summed E-state index contributed by atoms with van der Waals surface area (Å²) in [6.45, 7) is 7.87. The molecule has 0 saturated carbocycles. The van der Waals surface area contributed by atoms with Crippen LogP contribution < -0.4 is 5.73 Å². The largest absolute Gasteiger partial charge is 0.452 e. The lowest BCUT2D eigenvalue weighted by Crippen LogP contribution is -2.35. The van der Waals surface area contributed by atoms with Crippen LogP contribution in [0.5, 0.6) is 0 Å². The minimum absolute atomic E-state index is 0.0262. The molecule has 2 N–H and O–H groups in total. The van der Waals surface area contributed by atoms with Crippen LogP contribution in [-0.2, 0) is 9.53 Å². The van der Waals surface area contributed by atoms with E-state index in [9.17, 15) is 14.0 Å². The van der Waals surface area contributed by atoms with Crippen LogP contribution in [0.2, 0.25) is 0 Å². The highest BCUT2D eigenvalue weighted by atomic mass is 19.1. The number of likely N-dealkylation sites (N-methyl/N-ethyl adjacent to an activating group) is 1. The Labute approximate surface area is 123 Å². The summed E-state index contributed by atoms with van der Waals surface area (Å²) in [5.41, 5.74) is 6.37. The summed E-state index contributed by atoms with van der Waals surface area (Å²) >= 11 is 0. The molecule has 0 unspecified atom stereocenters. The van der Waals surface area contributed by atoms with E-state index < -0.39 is 18.4 Å². The lowest BCUT2D eigenvalue weighted by molar-refractivity contribution is -0.133. The maximum absolute atomic E-state index is 12.9. The first kappa shape index (κ1) is 16.7. The van der Waals surface area contributed by atoms with Crippen LogP contribution in [0, 0.1) is 5.82 Å². The summed E-state index contributed by atoms with van der Waals surface area (Å²) in [7, 11) is 0. The third-order valence-electron chi connectivity index (χ3n) is 2.76. The second kappa shape index (κ2) is 7.42. The summed E-state index contributed by atoms with van der Waals surface area (Å²) in [5, 5.41) is 0. The highest BCUT2D eigenvalue weighted by Crippen LogP contribution is 2.14. The summed E-state index contributed by atoms with van der Waals surface area (Å²) in [6, 6.07) is 3.36. The van der Waals surface area contributed by atoms with Crippen molar-refractivity contribution in [3.05, 3.63) is 41.7 Å². The van der Waals surface area contributed by atoms with Crippen molar-refractivity contribution < 1.29 is 18.7 Å². The molecule has 0 atom stereocenters. The molecule has 0 fully saturated rings. The highest BCUT2D eigenvalue weighted by Gasteiger charge is 2.17. The van der Waals surface area contributed by atoms with Crippen LogP contribution in [-0.4, -0.2) is 36.5 Å². The zero-order valence-electron chi connectivity index (χ0n) is 12.2. The molecule has 0 aliphatic heterocycles. The first-order chi connectivity index (χ1) is 9.85. The number of rotatable bonds is 6. The predicted octanol–water partition coefficient (Wildman–Crippen LogP) is 1.99. The minimum Gasteiger partial charge on any atom is -0.452 e. The summed E-state index contributed by atoms with van der Waals surface area (Å²) in [5.74, 6) is -1.62. The molecule has 5 nitrogen and oxygen atoms in total. The van der Waals surface area contributed by atoms with Crippen LogP contribution in [0.4, 0.5) is 10.1 Å². The van der Waals surface area contributed by atoms with Gasteiger partial charge in [0.25, 0.3) is 5.91 Å². The Kier molecular flexibility index (Phi) is 5.90. The zero-order valence-corrected chi connectivity index (χ0v) is 12.2. The number of carbonyl (C=O) groups is 2. The van der Waals surface area contributed by atoms with Crippen molar-refractivity contribution in [3.63, 3.8) is 0 Å². The molecule has 0 saturated heterocycles. The second-order valence-electron chi connectivity index (χ2n) is 4.67. The Bertz CT molecular complexity index is 558. The van der Waals surface area contributed by atoms with Gasteiger partial charge in [0.2, 0.25) is 0 Å². The number of nitrogens with zero attached hydrogens (tertiary/aromatic N) is 1. The van der Waals surface area contributed by atoms with Crippen LogP contribution in [0.25, 0.3) is 0 Å². The van der Waals surface area contributed by atoms with E-state index in [1.165, 1.54) is 11.0 Å². The molecule has 0 aliphatic rings. The number of hydrogen-bond donors (Lipinski definition) is 1. The van der Waals surface area contributed by atoms with Gasteiger partial charge in [0, 0.05) is 18.8 Å². The van der Waals surface area contributed by atoms with Crippen molar-refractivity contribution in [1.82, 2.24) is 4.90 Å². The molecule has 0 heterocycles. The van der Waals surface area contributed by atoms with Crippen LogP contribution in [0.15, 0.2) is 30.4 Å². The van der Waals surface area contributed by atoms with E-state index in [0.29, 0.717) is 13.1 Å². The van der Waals surface area contributed by atoms with Gasteiger partial charge in [-0.25, -0.2) is 9.18 Å². The number of esters is 1. The van der Waals surface area contributed by atoms with E-state index in [4.69, 9.17) is 10.5 Å². The molecular weight excluding hydrogens is 275 g/mol. The van der Waals surface area contributed by atoms with Crippen LogP contribution in [0.3, 0.4) is 0 Å². The molecule has 0 spiro atoms. The molecule has 1 aromatic carbocycles. The van der Waals surface area contributed by atoms with Crippen molar-refractivity contribution in [2.45, 2.75) is 13.8 Å². The van der Waals surface area contributed by atoms with E-state index >= 15 is 0 Å². The standard InChI is InChI=1S/C15H19FN2O3/c1-4-18(8-10(2)3)14(19)9-21-15(20)12-6-5-11(16)7-13(12)17/h5-7H,2,4,8-9,17H2,1,3H3. The number of halogens is 1. The number of carbonyl (C=O) groups excluding carboxylic acids is 2. The van der Waals surface area contributed by atoms with Gasteiger partial charge in [0.1, 0.15) is 5.82 Å². The van der Waals surface area contributed by atoms with Gasteiger partial charge in [-0.1, -0.05) is 12.2 Å².